The number of primary amides is 1. The minimum absolute atomic E-state index is 0.289. The third-order valence-corrected chi connectivity index (χ3v) is 2.76. The molecule has 0 aliphatic rings. The number of anilines is 1. The summed E-state index contributed by atoms with van der Waals surface area (Å²) in [5.74, 6) is 0.323. The van der Waals surface area contributed by atoms with Gasteiger partial charge in [0.25, 0.3) is 0 Å². The van der Waals surface area contributed by atoms with Crippen LogP contribution >= 0.6 is 0 Å². The molecule has 0 heterocycles. The monoisotopic (exact) mass is 249 g/mol. The molecule has 0 unspecified atom stereocenters. The highest BCUT2D eigenvalue weighted by Crippen LogP contribution is 2.11. The van der Waals surface area contributed by atoms with Crippen LogP contribution in [0.1, 0.15) is 25.8 Å². The van der Waals surface area contributed by atoms with E-state index in [-0.39, 0.29) is 5.91 Å². The maximum atomic E-state index is 11.1. The fraction of sp³-hybridized carbons (Fsp3) is 0.500. The van der Waals surface area contributed by atoms with E-state index in [2.05, 4.69) is 18.7 Å². The van der Waals surface area contributed by atoms with Crippen molar-refractivity contribution in [2.45, 2.75) is 26.8 Å². The van der Waals surface area contributed by atoms with Crippen molar-refractivity contribution >= 4 is 11.6 Å². The molecule has 0 aromatic heterocycles. The number of hydrogen-bond donors (Lipinski definition) is 2. The molecule has 0 aliphatic carbocycles. The minimum atomic E-state index is -0.289. The van der Waals surface area contributed by atoms with E-state index in [1.807, 2.05) is 24.3 Å². The molecule has 18 heavy (non-hydrogen) atoms. The number of carbonyl (C=O) groups excluding carboxylic acids is 1. The molecule has 1 amide bonds. The van der Waals surface area contributed by atoms with Gasteiger partial charge >= 0.3 is 0 Å². The van der Waals surface area contributed by atoms with Crippen molar-refractivity contribution in [2.75, 3.05) is 18.8 Å². The quantitative estimate of drug-likeness (QED) is 0.721. The first-order valence-electron chi connectivity index (χ1n) is 6.32. The van der Waals surface area contributed by atoms with Gasteiger partial charge in [0.05, 0.1) is 6.54 Å². The van der Waals surface area contributed by atoms with Crippen LogP contribution in [0.25, 0.3) is 0 Å². The molecule has 1 aromatic rings. The maximum absolute atomic E-state index is 11.1. The first kappa shape index (κ1) is 14.5. The Morgan fingerprint density at radius 2 is 2.11 bits per heavy atom. The lowest BCUT2D eigenvalue weighted by molar-refractivity contribution is -0.119. The molecule has 4 N–H and O–H groups in total. The van der Waals surface area contributed by atoms with E-state index in [1.165, 1.54) is 0 Å². The number of nitrogens with zero attached hydrogens (tertiary/aromatic N) is 1. The van der Waals surface area contributed by atoms with Gasteiger partial charge in [-0.3, -0.25) is 9.69 Å². The summed E-state index contributed by atoms with van der Waals surface area (Å²) >= 11 is 0. The second-order valence-corrected chi connectivity index (χ2v) is 5.10. The van der Waals surface area contributed by atoms with Crippen LogP contribution in [-0.4, -0.2) is 23.9 Å². The third-order valence-electron chi connectivity index (χ3n) is 2.76. The Morgan fingerprint density at radius 3 is 2.67 bits per heavy atom. The molecule has 0 spiro atoms. The smallest absolute Gasteiger partial charge is 0.231 e. The molecule has 100 valence electrons. The van der Waals surface area contributed by atoms with E-state index in [4.69, 9.17) is 11.5 Å². The van der Waals surface area contributed by atoms with Gasteiger partial charge in [0.15, 0.2) is 0 Å². The highest BCUT2D eigenvalue weighted by molar-refractivity contribution is 5.75. The first-order chi connectivity index (χ1) is 8.47. The average Bonchev–Trinajstić information content (AvgIpc) is 2.25. The molecular weight excluding hydrogens is 226 g/mol. The minimum Gasteiger partial charge on any atom is -0.399 e. The van der Waals surface area contributed by atoms with E-state index in [1.54, 1.807) is 0 Å². The Kier molecular flexibility index (Phi) is 5.65. The van der Waals surface area contributed by atoms with Crippen LogP contribution in [0.2, 0.25) is 0 Å². The van der Waals surface area contributed by atoms with Gasteiger partial charge in [-0.05, 0) is 36.6 Å². The Bertz CT molecular complexity index is 390. The van der Waals surface area contributed by atoms with Crippen molar-refractivity contribution in [2.24, 2.45) is 11.7 Å². The SMILES string of the molecule is CC(C)CCN(CC(N)=O)Cc1cccc(N)c1. The zero-order valence-corrected chi connectivity index (χ0v) is 11.2. The van der Waals surface area contributed by atoms with Crippen LogP contribution < -0.4 is 11.5 Å². The fourth-order valence-corrected chi connectivity index (χ4v) is 1.82. The van der Waals surface area contributed by atoms with Crippen molar-refractivity contribution in [3.63, 3.8) is 0 Å². The Balaban J connectivity index is 2.62. The summed E-state index contributed by atoms with van der Waals surface area (Å²) in [4.78, 5) is 13.1. The van der Waals surface area contributed by atoms with Crippen molar-refractivity contribution in [1.82, 2.24) is 4.90 Å². The summed E-state index contributed by atoms with van der Waals surface area (Å²) in [6.45, 7) is 6.21. The summed E-state index contributed by atoms with van der Waals surface area (Å²) in [6.07, 6.45) is 1.05. The van der Waals surface area contributed by atoms with E-state index < -0.39 is 0 Å². The Morgan fingerprint density at radius 1 is 1.39 bits per heavy atom. The van der Waals surface area contributed by atoms with E-state index in [0.717, 1.165) is 24.2 Å². The molecule has 1 rings (SSSR count). The summed E-state index contributed by atoms with van der Waals surface area (Å²) in [7, 11) is 0. The molecule has 0 saturated carbocycles. The standard InChI is InChI=1S/C14H23N3O/c1-11(2)6-7-17(10-14(16)18)9-12-4-3-5-13(15)8-12/h3-5,8,11H,6-7,9-10,15H2,1-2H3,(H2,16,18). The van der Waals surface area contributed by atoms with E-state index >= 15 is 0 Å². The molecule has 0 bridgehead atoms. The van der Waals surface area contributed by atoms with Crippen LogP contribution in [0, 0.1) is 5.92 Å². The van der Waals surface area contributed by atoms with Gasteiger partial charge in [0.2, 0.25) is 5.91 Å². The highest BCUT2D eigenvalue weighted by atomic mass is 16.1. The fourth-order valence-electron chi connectivity index (χ4n) is 1.82. The molecular formula is C14H23N3O. The molecule has 1 aromatic carbocycles. The van der Waals surface area contributed by atoms with Gasteiger partial charge in [0, 0.05) is 12.2 Å². The van der Waals surface area contributed by atoms with Crippen molar-refractivity contribution in [3.05, 3.63) is 29.8 Å². The molecule has 0 atom stereocenters. The summed E-state index contributed by atoms with van der Waals surface area (Å²) in [5.41, 5.74) is 12.9. The lowest BCUT2D eigenvalue weighted by atomic mass is 10.1. The van der Waals surface area contributed by atoms with Crippen LogP contribution in [-0.2, 0) is 11.3 Å². The van der Waals surface area contributed by atoms with E-state index in [0.29, 0.717) is 19.0 Å². The Hall–Kier alpha value is -1.55. The van der Waals surface area contributed by atoms with Gasteiger partial charge in [0.1, 0.15) is 0 Å². The van der Waals surface area contributed by atoms with Gasteiger partial charge < -0.3 is 11.5 Å². The third kappa shape index (κ3) is 5.68. The van der Waals surface area contributed by atoms with E-state index in [9.17, 15) is 4.79 Å². The number of hydrogen-bond acceptors (Lipinski definition) is 3. The second kappa shape index (κ2) is 7.01. The van der Waals surface area contributed by atoms with Gasteiger partial charge in [-0.15, -0.1) is 0 Å². The largest absolute Gasteiger partial charge is 0.399 e. The summed E-state index contributed by atoms with van der Waals surface area (Å²) in [6, 6.07) is 7.73. The normalized spacial score (nSPS) is 11.1. The topological polar surface area (TPSA) is 72.3 Å². The first-order valence-corrected chi connectivity index (χ1v) is 6.32. The predicted molar refractivity (Wildman–Crippen MR) is 74.8 cm³/mol. The zero-order chi connectivity index (χ0) is 13.5. The van der Waals surface area contributed by atoms with Gasteiger partial charge in [-0.25, -0.2) is 0 Å². The van der Waals surface area contributed by atoms with Crippen molar-refractivity contribution in [3.8, 4) is 0 Å². The Labute approximate surface area is 109 Å². The number of nitrogens with two attached hydrogens (primary N) is 2. The van der Waals surface area contributed by atoms with Crippen LogP contribution in [0.5, 0.6) is 0 Å². The second-order valence-electron chi connectivity index (χ2n) is 5.10. The van der Waals surface area contributed by atoms with Gasteiger partial charge in [-0.1, -0.05) is 26.0 Å². The predicted octanol–water partition coefficient (Wildman–Crippen LogP) is 1.60. The average molecular weight is 249 g/mol. The molecule has 4 nitrogen and oxygen atoms in total. The molecule has 0 saturated heterocycles. The summed E-state index contributed by atoms with van der Waals surface area (Å²) < 4.78 is 0. The number of amides is 1. The zero-order valence-electron chi connectivity index (χ0n) is 11.2. The summed E-state index contributed by atoms with van der Waals surface area (Å²) in [5, 5.41) is 0. The van der Waals surface area contributed by atoms with Crippen molar-refractivity contribution in [1.29, 1.82) is 0 Å². The van der Waals surface area contributed by atoms with Crippen LogP contribution in [0.15, 0.2) is 24.3 Å². The maximum Gasteiger partial charge on any atom is 0.231 e. The lowest BCUT2D eigenvalue weighted by Crippen LogP contribution is -2.34. The molecule has 0 aliphatic heterocycles. The highest BCUT2D eigenvalue weighted by Gasteiger charge is 2.10. The number of benzene rings is 1. The number of rotatable bonds is 7. The lowest BCUT2D eigenvalue weighted by Gasteiger charge is -2.21. The van der Waals surface area contributed by atoms with Crippen molar-refractivity contribution < 1.29 is 4.79 Å². The molecule has 0 radical (unpaired) electrons. The molecule has 4 heteroatoms. The molecule has 0 fully saturated rings. The number of nitrogen functional groups attached to an aromatic ring is 1. The van der Waals surface area contributed by atoms with Gasteiger partial charge in [-0.2, -0.15) is 0 Å². The van der Waals surface area contributed by atoms with Crippen LogP contribution in [0.4, 0.5) is 5.69 Å². The number of carbonyl (C=O) groups is 1. The van der Waals surface area contributed by atoms with Crippen LogP contribution in [0.3, 0.4) is 0 Å².